The second-order valence-electron chi connectivity index (χ2n) is 4.97. The van der Waals surface area contributed by atoms with Crippen molar-refractivity contribution in [2.75, 3.05) is 5.32 Å². The molecule has 2 rings (SSSR count). The first-order valence-corrected chi connectivity index (χ1v) is 9.20. The largest absolute Gasteiger partial charge is 0.326 e. The second-order valence-corrected chi connectivity index (χ2v) is 7.45. The van der Waals surface area contributed by atoms with Crippen LogP contribution in [0.1, 0.15) is 28.1 Å². The number of sulfonamides is 1. The van der Waals surface area contributed by atoms with Crippen molar-refractivity contribution in [1.82, 2.24) is 0 Å². The van der Waals surface area contributed by atoms with Crippen LogP contribution in [-0.2, 0) is 14.8 Å². The van der Waals surface area contributed by atoms with Gasteiger partial charge < -0.3 is 5.32 Å². The van der Waals surface area contributed by atoms with E-state index < -0.39 is 10.0 Å². The fourth-order valence-electron chi connectivity index (χ4n) is 2.00. The molecule has 8 heteroatoms. The number of hydrogen-bond acceptors (Lipinski definition) is 5. The van der Waals surface area contributed by atoms with Gasteiger partial charge >= 0.3 is 0 Å². The van der Waals surface area contributed by atoms with Crippen molar-refractivity contribution >= 4 is 38.7 Å². The number of rotatable bonds is 6. The summed E-state index contributed by atoms with van der Waals surface area (Å²) in [6.07, 6.45) is 0.121. The molecule has 0 aliphatic rings. The summed E-state index contributed by atoms with van der Waals surface area (Å²) in [6, 6.07) is 7.95. The van der Waals surface area contributed by atoms with Crippen LogP contribution in [0.4, 0.5) is 5.69 Å². The fourth-order valence-corrected chi connectivity index (χ4v) is 3.50. The van der Waals surface area contributed by atoms with Crippen LogP contribution in [-0.4, -0.2) is 20.1 Å². The SMILES string of the molecule is Cc1ccc(NC(=O)CCC(=O)c2cccs2)cc1S(N)(=O)=O. The molecule has 0 aliphatic heterocycles. The van der Waals surface area contributed by atoms with Crippen LogP contribution in [0.3, 0.4) is 0 Å². The van der Waals surface area contributed by atoms with Crippen molar-refractivity contribution in [2.24, 2.45) is 5.14 Å². The molecule has 0 spiro atoms. The van der Waals surface area contributed by atoms with E-state index >= 15 is 0 Å². The number of ketones is 1. The second kappa shape index (κ2) is 7.03. The van der Waals surface area contributed by atoms with E-state index in [0.29, 0.717) is 16.1 Å². The van der Waals surface area contributed by atoms with Crippen molar-refractivity contribution in [1.29, 1.82) is 0 Å². The Hall–Kier alpha value is -2.03. The predicted octanol–water partition coefficient (Wildman–Crippen LogP) is 2.31. The van der Waals surface area contributed by atoms with Gasteiger partial charge in [0.05, 0.1) is 9.77 Å². The van der Waals surface area contributed by atoms with Crippen molar-refractivity contribution in [2.45, 2.75) is 24.7 Å². The maximum atomic E-state index is 11.9. The lowest BCUT2D eigenvalue weighted by Crippen LogP contribution is -2.16. The zero-order chi connectivity index (χ0) is 17.0. The predicted molar refractivity (Wildman–Crippen MR) is 89.1 cm³/mol. The van der Waals surface area contributed by atoms with Crippen molar-refractivity contribution in [3.63, 3.8) is 0 Å². The number of thiophene rings is 1. The van der Waals surface area contributed by atoms with Gasteiger partial charge in [0.1, 0.15) is 0 Å². The molecule has 0 bridgehead atoms. The minimum absolute atomic E-state index is 0.0231. The molecule has 2 aromatic rings. The van der Waals surface area contributed by atoms with E-state index in [1.54, 1.807) is 36.6 Å². The number of carbonyl (C=O) groups excluding carboxylic acids is 2. The number of aryl methyl sites for hydroxylation is 1. The Morgan fingerprint density at radius 1 is 1.22 bits per heavy atom. The number of primary sulfonamides is 1. The first kappa shape index (κ1) is 17.3. The van der Waals surface area contributed by atoms with Crippen LogP contribution < -0.4 is 10.5 Å². The standard InChI is InChI=1S/C15H16N2O4S2/c1-10-4-5-11(9-14(10)23(16,20)21)17-15(19)7-6-12(18)13-3-2-8-22-13/h2-5,8-9H,6-7H2,1H3,(H,17,19)(H2,16,20,21). The average molecular weight is 352 g/mol. The Morgan fingerprint density at radius 3 is 2.57 bits per heavy atom. The van der Waals surface area contributed by atoms with Crippen LogP contribution in [0, 0.1) is 6.92 Å². The van der Waals surface area contributed by atoms with Gasteiger partial charge in [-0.15, -0.1) is 11.3 Å². The molecule has 0 fully saturated rings. The number of anilines is 1. The van der Waals surface area contributed by atoms with Gasteiger partial charge in [0.2, 0.25) is 15.9 Å². The first-order chi connectivity index (χ1) is 10.8. The number of hydrogen-bond donors (Lipinski definition) is 2. The quantitative estimate of drug-likeness (QED) is 0.778. The maximum absolute atomic E-state index is 11.9. The number of carbonyl (C=O) groups is 2. The molecule has 3 N–H and O–H groups in total. The third-order valence-electron chi connectivity index (χ3n) is 3.15. The molecule has 0 atom stereocenters. The molecular weight excluding hydrogens is 336 g/mol. The Bertz CT molecular complexity index is 827. The highest BCUT2D eigenvalue weighted by Crippen LogP contribution is 2.19. The number of benzene rings is 1. The summed E-state index contributed by atoms with van der Waals surface area (Å²) in [7, 11) is -3.85. The minimum Gasteiger partial charge on any atom is -0.326 e. The van der Waals surface area contributed by atoms with Gasteiger partial charge in [0.25, 0.3) is 0 Å². The van der Waals surface area contributed by atoms with E-state index in [2.05, 4.69) is 5.32 Å². The third-order valence-corrected chi connectivity index (χ3v) is 5.12. The van der Waals surface area contributed by atoms with Gasteiger partial charge in [-0.25, -0.2) is 13.6 Å². The highest BCUT2D eigenvalue weighted by atomic mass is 32.2. The highest BCUT2D eigenvalue weighted by molar-refractivity contribution is 7.89. The third kappa shape index (κ3) is 4.72. The Labute approximate surface area is 138 Å². The molecule has 0 saturated carbocycles. The summed E-state index contributed by atoms with van der Waals surface area (Å²) in [5.74, 6) is -0.455. The monoisotopic (exact) mass is 352 g/mol. The normalized spacial score (nSPS) is 11.2. The lowest BCUT2D eigenvalue weighted by atomic mass is 10.2. The minimum atomic E-state index is -3.85. The maximum Gasteiger partial charge on any atom is 0.238 e. The van der Waals surface area contributed by atoms with E-state index in [4.69, 9.17) is 5.14 Å². The van der Waals surface area contributed by atoms with Crippen molar-refractivity contribution in [3.8, 4) is 0 Å². The fraction of sp³-hybridized carbons (Fsp3) is 0.200. The van der Waals surface area contributed by atoms with Gasteiger partial charge in [0, 0.05) is 18.5 Å². The molecule has 0 unspecified atom stereocenters. The molecule has 0 saturated heterocycles. The van der Waals surface area contributed by atoms with E-state index in [1.165, 1.54) is 17.4 Å². The first-order valence-electron chi connectivity index (χ1n) is 6.77. The zero-order valence-electron chi connectivity index (χ0n) is 12.4. The van der Waals surface area contributed by atoms with Gasteiger partial charge in [-0.2, -0.15) is 0 Å². The van der Waals surface area contributed by atoms with Gasteiger partial charge in [-0.1, -0.05) is 12.1 Å². The molecule has 23 heavy (non-hydrogen) atoms. The Morgan fingerprint density at radius 2 is 1.96 bits per heavy atom. The lowest BCUT2D eigenvalue weighted by Gasteiger charge is -2.08. The Balaban J connectivity index is 1.99. The van der Waals surface area contributed by atoms with Crippen LogP contribution in [0.2, 0.25) is 0 Å². The topological polar surface area (TPSA) is 106 Å². The van der Waals surface area contributed by atoms with Gasteiger partial charge in [-0.3, -0.25) is 9.59 Å². The summed E-state index contributed by atoms with van der Waals surface area (Å²) < 4.78 is 22.9. The molecule has 1 aromatic carbocycles. The van der Waals surface area contributed by atoms with Gasteiger partial charge in [-0.05, 0) is 36.1 Å². The van der Waals surface area contributed by atoms with E-state index in [0.717, 1.165) is 0 Å². The van der Waals surface area contributed by atoms with Crippen LogP contribution in [0.25, 0.3) is 0 Å². The molecular formula is C15H16N2O4S2. The van der Waals surface area contributed by atoms with Crippen molar-refractivity contribution < 1.29 is 18.0 Å². The molecule has 6 nitrogen and oxygen atoms in total. The van der Waals surface area contributed by atoms with Crippen LogP contribution in [0.15, 0.2) is 40.6 Å². The summed E-state index contributed by atoms with van der Waals surface area (Å²) in [5.41, 5.74) is 0.826. The van der Waals surface area contributed by atoms with Crippen molar-refractivity contribution in [3.05, 3.63) is 46.2 Å². The molecule has 1 heterocycles. The summed E-state index contributed by atoms with van der Waals surface area (Å²) in [5, 5.41) is 9.50. The summed E-state index contributed by atoms with van der Waals surface area (Å²) in [6.45, 7) is 1.62. The highest BCUT2D eigenvalue weighted by Gasteiger charge is 2.14. The molecule has 1 aromatic heterocycles. The van der Waals surface area contributed by atoms with E-state index in [9.17, 15) is 18.0 Å². The number of nitrogens with two attached hydrogens (primary N) is 1. The number of nitrogens with one attached hydrogen (secondary N) is 1. The zero-order valence-corrected chi connectivity index (χ0v) is 14.0. The van der Waals surface area contributed by atoms with E-state index in [-0.39, 0.29) is 29.4 Å². The molecule has 122 valence electrons. The van der Waals surface area contributed by atoms with Gasteiger partial charge in [0.15, 0.2) is 5.78 Å². The smallest absolute Gasteiger partial charge is 0.238 e. The number of Topliss-reactive ketones (excluding diaryl/α,β-unsaturated/α-hetero) is 1. The van der Waals surface area contributed by atoms with Crippen LogP contribution in [0.5, 0.6) is 0 Å². The summed E-state index contributed by atoms with van der Waals surface area (Å²) in [4.78, 5) is 24.3. The Kier molecular flexibility index (Phi) is 5.30. The van der Waals surface area contributed by atoms with Crippen LogP contribution >= 0.6 is 11.3 Å². The molecule has 0 radical (unpaired) electrons. The number of amides is 1. The summed E-state index contributed by atoms with van der Waals surface area (Å²) >= 11 is 1.33. The average Bonchev–Trinajstić information content (AvgIpc) is 3.00. The lowest BCUT2D eigenvalue weighted by molar-refractivity contribution is -0.116. The molecule has 1 amide bonds. The van der Waals surface area contributed by atoms with E-state index in [1.807, 2.05) is 0 Å². The molecule has 0 aliphatic carbocycles.